The topological polar surface area (TPSA) is 40.5 Å². The highest BCUT2D eigenvalue weighted by molar-refractivity contribution is 5.96. The van der Waals surface area contributed by atoms with Crippen LogP contribution in [0.25, 0.3) is 0 Å². The van der Waals surface area contributed by atoms with E-state index in [0.29, 0.717) is 0 Å². The third-order valence-electron chi connectivity index (χ3n) is 3.68. The number of hydrogen-bond acceptors (Lipinski definition) is 2. The summed E-state index contributed by atoms with van der Waals surface area (Å²) in [6, 6.07) is 5.80. The number of rotatable bonds is 2. The number of nitrogens with zero attached hydrogens (tertiary/aromatic N) is 1. The van der Waals surface area contributed by atoms with Gasteiger partial charge in [0.25, 0.3) is 5.91 Å². The normalized spacial score (nSPS) is 19.7. The van der Waals surface area contributed by atoms with Crippen LogP contribution >= 0.6 is 0 Å². The fraction of sp³-hybridized carbons (Fsp3) is 0.500. The Morgan fingerprint density at radius 3 is 2.94 bits per heavy atom. The lowest BCUT2D eigenvalue weighted by atomic mass is 10.0. The minimum absolute atomic E-state index is 0.00223. The molecular formula is C14H19NO2. The molecule has 0 bridgehead atoms. The van der Waals surface area contributed by atoms with E-state index in [-0.39, 0.29) is 18.6 Å². The van der Waals surface area contributed by atoms with E-state index >= 15 is 0 Å². The van der Waals surface area contributed by atoms with Crippen molar-refractivity contribution in [1.29, 1.82) is 0 Å². The number of aliphatic hydroxyl groups is 1. The van der Waals surface area contributed by atoms with E-state index in [1.165, 1.54) is 0 Å². The number of carbonyl (C=O) groups excluding carboxylic acids is 1. The summed E-state index contributed by atoms with van der Waals surface area (Å²) in [5.41, 5.74) is 2.95. The number of carbonyl (C=O) groups is 1. The lowest BCUT2D eigenvalue weighted by Gasteiger charge is -2.24. The molecule has 0 aliphatic carbocycles. The Morgan fingerprint density at radius 2 is 2.24 bits per heavy atom. The molecule has 1 N–H and O–H groups in total. The van der Waals surface area contributed by atoms with Crippen molar-refractivity contribution in [2.75, 3.05) is 13.2 Å². The molecule has 0 unspecified atom stereocenters. The molecule has 3 nitrogen and oxygen atoms in total. The standard InChI is InChI=1S/C14H19NO2/c1-10-5-3-7-13(11(10)2)14(17)15-8-4-6-12(15)9-16/h3,5,7,12,16H,4,6,8-9H2,1-2H3/t12-/m1/s1. The zero-order valence-electron chi connectivity index (χ0n) is 10.4. The first-order chi connectivity index (χ1) is 8.15. The monoisotopic (exact) mass is 233 g/mol. The maximum Gasteiger partial charge on any atom is 0.254 e. The van der Waals surface area contributed by atoms with Gasteiger partial charge in [-0.2, -0.15) is 0 Å². The molecule has 1 aromatic carbocycles. The zero-order chi connectivity index (χ0) is 12.4. The van der Waals surface area contributed by atoms with E-state index in [4.69, 9.17) is 0 Å². The van der Waals surface area contributed by atoms with E-state index in [2.05, 4.69) is 0 Å². The van der Waals surface area contributed by atoms with E-state index in [1.54, 1.807) is 0 Å². The van der Waals surface area contributed by atoms with Gasteiger partial charge in [-0.1, -0.05) is 12.1 Å². The molecule has 1 aliphatic heterocycles. The second-order valence-corrected chi connectivity index (χ2v) is 4.72. The van der Waals surface area contributed by atoms with Gasteiger partial charge in [0.1, 0.15) is 0 Å². The van der Waals surface area contributed by atoms with Gasteiger partial charge in [0.15, 0.2) is 0 Å². The van der Waals surface area contributed by atoms with Crippen molar-refractivity contribution in [3.63, 3.8) is 0 Å². The van der Waals surface area contributed by atoms with Gasteiger partial charge in [0, 0.05) is 12.1 Å². The third kappa shape index (κ3) is 2.20. The molecule has 1 aromatic rings. The van der Waals surface area contributed by atoms with Gasteiger partial charge in [-0.15, -0.1) is 0 Å². The fourth-order valence-electron chi connectivity index (χ4n) is 2.43. The first-order valence-electron chi connectivity index (χ1n) is 6.13. The van der Waals surface area contributed by atoms with Crippen LogP contribution in [0.4, 0.5) is 0 Å². The minimum Gasteiger partial charge on any atom is -0.394 e. The highest BCUT2D eigenvalue weighted by Gasteiger charge is 2.29. The molecule has 1 atom stereocenters. The van der Waals surface area contributed by atoms with Gasteiger partial charge in [0.05, 0.1) is 12.6 Å². The van der Waals surface area contributed by atoms with Crippen molar-refractivity contribution >= 4 is 5.91 Å². The van der Waals surface area contributed by atoms with Crippen LogP contribution in [0.1, 0.15) is 34.3 Å². The summed E-state index contributed by atoms with van der Waals surface area (Å²) >= 11 is 0. The maximum absolute atomic E-state index is 12.4. The molecule has 1 saturated heterocycles. The maximum atomic E-state index is 12.4. The van der Waals surface area contributed by atoms with Gasteiger partial charge >= 0.3 is 0 Å². The molecule has 1 amide bonds. The summed E-state index contributed by atoms with van der Waals surface area (Å²) in [6.45, 7) is 4.82. The minimum atomic E-state index is 0.00223. The summed E-state index contributed by atoms with van der Waals surface area (Å²) < 4.78 is 0. The second kappa shape index (κ2) is 4.88. The predicted molar refractivity (Wildman–Crippen MR) is 67.1 cm³/mol. The molecule has 0 spiro atoms. The molecule has 1 aliphatic rings. The molecule has 0 radical (unpaired) electrons. The number of aryl methyl sites for hydroxylation is 1. The summed E-state index contributed by atoms with van der Waals surface area (Å²) in [5.74, 6) is 0.0581. The highest BCUT2D eigenvalue weighted by Crippen LogP contribution is 2.22. The molecule has 3 heteroatoms. The molecule has 92 valence electrons. The smallest absolute Gasteiger partial charge is 0.254 e. The van der Waals surface area contributed by atoms with Crippen LogP contribution in [0.5, 0.6) is 0 Å². The van der Waals surface area contributed by atoms with Gasteiger partial charge in [-0.05, 0) is 43.9 Å². The van der Waals surface area contributed by atoms with Crippen LogP contribution in [0, 0.1) is 13.8 Å². The molecule has 2 rings (SSSR count). The predicted octanol–water partition coefficient (Wildman–Crippen LogP) is 1.90. The van der Waals surface area contributed by atoms with Gasteiger partial charge in [-0.3, -0.25) is 4.79 Å². The first kappa shape index (κ1) is 12.1. The number of amides is 1. The van der Waals surface area contributed by atoms with Crippen LogP contribution in [-0.2, 0) is 0 Å². The Kier molecular flexibility index (Phi) is 3.48. The lowest BCUT2D eigenvalue weighted by Crippen LogP contribution is -2.38. The zero-order valence-corrected chi connectivity index (χ0v) is 10.4. The lowest BCUT2D eigenvalue weighted by molar-refractivity contribution is 0.0677. The number of hydrogen-bond donors (Lipinski definition) is 1. The number of likely N-dealkylation sites (tertiary alicyclic amines) is 1. The van der Waals surface area contributed by atoms with Gasteiger partial charge in [0.2, 0.25) is 0 Å². The third-order valence-corrected chi connectivity index (χ3v) is 3.68. The van der Waals surface area contributed by atoms with Crippen molar-refractivity contribution < 1.29 is 9.90 Å². The van der Waals surface area contributed by atoms with Crippen LogP contribution in [0.3, 0.4) is 0 Å². The van der Waals surface area contributed by atoms with Crippen LogP contribution < -0.4 is 0 Å². The largest absolute Gasteiger partial charge is 0.394 e. The van der Waals surface area contributed by atoms with Gasteiger partial charge in [-0.25, -0.2) is 0 Å². The Morgan fingerprint density at radius 1 is 1.47 bits per heavy atom. The van der Waals surface area contributed by atoms with E-state index in [0.717, 1.165) is 36.1 Å². The van der Waals surface area contributed by atoms with Crippen LogP contribution in [0.2, 0.25) is 0 Å². The Bertz CT molecular complexity index is 428. The second-order valence-electron chi connectivity index (χ2n) is 4.72. The molecule has 0 aromatic heterocycles. The average Bonchev–Trinajstić information content (AvgIpc) is 2.80. The molecular weight excluding hydrogens is 214 g/mol. The molecule has 1 fully saturated rings. The number of aliphatic hydroxyl groups excluding tert-OH is 1. The summed E-state index contributed by atoms with van der Waals surface area (Å²) in [7, 11) is 0. The van der Waals surface area contributed by atoms with Crippen molar-refractivity contribution in [1.82, 2.24) is 4.90 Å². The molecule has 17 heavy (non-hydrogen) atoms. The Balaban J connectivity index is 2.28. The SMILES string of the molecule is Cc1cccc(C(=O)N2CCC[C@@H]2CO)c1C. The Hall–Kier alpha value is -1.35. The number of benzene rings is 1. The van der Waals surface area contributed by atoms with Gasteiger partial charge < -0.3 is 10.0 Å². The molecule has 0 saturated carbocycles. The van der Waals surface area contributed by atoms with E-state index in [9.17, 15) is 9.90 Å². The fourth-order valence-corrected chi connectivity index (χ4v) is 2.43. The van der Waals surface area contributed by atoms with E-state index in [1.807, 2.05) is 36.9 Å². The Labute approximate surface area is 102 Å². The van der Waals surface area contributed by atoms with Crippen LogP contribution in [0.15, 0.2) is 18.2 Å². The quantitative estimate of drug-likeness (QED) is 0.847. The van der Waals surface area contributed by atoms with Crippen molar-refractivity contribution in [2.24, 2.45) is 0 Å². The van der Waals surface area contributed by atoms with Crippen molar-refractivity contribution in [3.8, 4) is 0 Å². The molecule has 1 heterocycles. The van der Waals surface area contributed by atoms with Crippen LogP contribution in [-0.4, -0.2) is 35.1 Å². The van der Waals surface area contributed by atoms with Crippen molar-refractivity contribution in [2.45, 2.75) is 32.7 Å². The summed E-state index contributed by atoms with van der Waals surface area (Å²) in [6.07, 6.45) is 1.90. The average molecular weight is 233 g/mol. The van der Waals surface area contributed by atoms with E-state index < -0.39 is 0 Å². The summed E-state index contributed by atoms with van der Waals surface area (Å²) in [5, 5.41) is 9.26. The first-order valence-corrected chi connectivity index (χ1v) is 6.13. The highest BCUT2D eigenvalue weighted by atomic mass is 16.3. The van der Waals surface area contributed by atoms with Crippen molar-refractivity contribution in [3.05, 3.63) is 34.9 Å². The summed E-state index contributed by atoms with van der Waals surface area (Å²) in [4.78, 5) is 14.2.